The molecule has 0 radical (unpaired) electrons. The third-order valence-electron chi connectivity index (χ3n) is 5.11. The van der Waals surface area contributed by atoms with Crippen LogP contribution in [-0.4, -0.2) is 29.8 Å². The van der Waals surface area contributed by atoms with E-state index in [1.165, 1.54) is 5.57 Å². The zero-order valence-electron chi connectivity index (χ0n) is 13.7. The van der Waals surface area contributed by atoms with Gasteiger partial charge in [0.15, 0.2) is 0 Å². The van der Waals surface area contributed by atoms with E-state index in [1.807, 2.05) is 4.90 Å². The van der Waals surface area contributed by atoms with Crippen molar-refractivity contribution in [1.82, 2.24) is 4.90 Å². The highest BCUT2D eigenvalue weighted by Crippen LogP contribution is 2.60. The summed E-state index contributed by atoms with van der Waals surface area (Å²) in [7, 11) is 0. The van der Waals surface area contributed by atoms with Crippen LogP contribution in [0.2, 0.25) is 0 Å². The maximum atomic E-state index is 12.7. The predicted octanol–water partition coefficient (Wildman–Crippen LogP) is 2.34. The summed E-state index contributed by atoms with van der Waals surface area (Å²) in [6.45, 7) is 10.1. The lowest BCUT2D eigenvalue weighted by atomic mass is 9.93. The van der Waals surface area contributed by atoms with Gasteiger partial charge in [-0.15, -0.1) is 0 Å². The molecule has 2 aliphatic rings. The molecule has 2 rings (SSSR count). The summed E-state index contributed by atoms with van der Waals surface area (Å²) in [5.41, 5.74) is 6.61. The largest absolute Gasteiger partial charge is 0.370 e. The number of likely N-dealkylation sites (tertiary alicyclic amines) is 1. The van der Waals surface area contributed by atoms with Crippen molar-refractivity contribution in [2.45, 2.75) is 47.0 Å². The molecule has 4 heteroatoms. The average molecular weight is 292 g/mol. The summed E-state index contributed by atoms with van der Waals surface area (Å²) in [6, 6.07) is 0. The molecule has 2 fully saturated rings. The lowest BCUT2D eigenvalue weighted by molar-refractivity contribution is -0.135. The zero-order chi connectivity index (χ0) is 15.8. The molecule has 1 saturated heterocycles. The Labute approximate surface area is 127 Å². The number of hydrogen-bond donors (Lipinski definition) is 1. The van der Waals surface area contributed by atoms with Crippen LogP contribution < -0.4 is 5.73 Å². The van der Waals surface area contributed by atoms with Crippen LogP contribution in [0.15, 0.2) is 11.6 Å². The number of hydrogen-bond acceptors (Lipinski definition) is 2. The predicted molar refractivity (Wildman–Crippen MR) is 83.3 cm³/mol. The number of amides is 2. The van der Waals surface area contributed by atoms with Crippen LogP contribution in [0.1, 0.15) is 47.0 Å². The minimum absolute atomic E-state index is 0.0818. The Morgan fingerprint density at radius 3 is 2.29 bits per heavy atom. The molecule has 4 nitrogen and oxygen atoms in total. The van der Waals surface area contributed by atoms with Crippen molar-refractivity contribution in [3.63, 3.8) is 0 Å². The highest BCUT2D eigenvalue weighted by molar-refractivity contribution is 5.84. The van der Waals surface area contributed by atoms with Gasteiger partial charge in [0.25, 0.3) is 0 Å². The molecule has 0 aromatic heterocycles. The summed E-state index contributed by atoms with van der Waals surface area (Å²) < 4.78 is 0. The summed E-state index contributed by atoms with van der Waals surface area (Å²) in [4.78, 5) is 25.7. The molecule has 0 bridgehead atoms. The molecule has 0 aromatic rings. The van der Waals surface area contributed by atoms with Crippen molar-refractivity contribution in [3.05, 3.63) is 11.6 Å². The number of allylic oxidation sites excluding steroid dienone is 2. The number of nitrogens with two attached hydrogens (primary N) is 1. The highest BCUT2D eigenvalue weighted by atomic mass is 16.2. The Morgan fingerprint density at radius 2 is 1.81 bits per heavy atom. The molecule has 21 heavy (non-hydrogen) atoms. The van der Waals surface area contributed by atoms with Crippen molar-refractivity contribution in [2.75, 3.05) is 13.1 Å². The van der Waals surface area contributed by atoms with Gasteiger partial charge in [0.2, 0.25) is 11.8 Å². The van der Waals surface area contributed by atoms with Crippen LogP contribution in [-0.2, 0) is 9.59 Å². The minimum Gasteiger partial charge on any atom is -0.370 e. The topological polar surface area (TPSA) is 63.4 Å². The molecule has 1 heterocycles. The molecule has 1 saturated carbocycles. The van der Waals surface area contributed by atoms with Crippen molar-refractivity contribution in [1.29, 1.82) is 0 Å². The van der Waals surface area contributed by atoms with E-state index in [2.05, 4.69) is 33.8 Å². The van der Waals surface area contributed by atoms with Gasteiger partial charge in [-0.2, -0.15) is 0 Å². The van der Waals surface area contributed by atoms with Crippen LogP contribution in [0.5, 0.6) is 0 Å². The Bertz CT molecular complexity index is 455. The fourth-order valence-corrected chi connectivity index (χ4v) is 3.66. The fraction of sp³-hybridized carbons (Fsp3) is 0.765. The van der Waals surface area contributed by atoms with Gasteiger partial charge in [0.05, 0.1) is 5.92 Å². The number of carbonyl (C=O) groups is 2. The van der Waals surface area contributed by atoms with Crippen LogP contribution in [0.25, 0.3) is 0 Å². The number of primary amides is 1. The average Bonchev–Trinajstić information content (AvgIpc) is 2.89. The summed E-state index contributed by atoms with van der Waals surface area (Å²) in [6.07, 6.45) is 4.49. The molecule has 2 atom stereocenters. The van der Waals surface area contributed by atoms with Crippen LogP contribution in [0, 0.1) is 23.2 Å². The smallest absolute Gasteiger partial charge is 0.226 e. The molecule has 1 aliphatic carbocycles. The lowest BCUT2D eigenvalue weighted by Gasteiger charge is -2.32. The van der Waals surface area contributed by atoms with Crippen molar-refractivity contribution < 1.29 is 9.59 Å². The van der Waals surface area contributed by atoms with Gasteiger partial charge < -0.3 is 10.6 Å². The van der Waals surface area contributed by atoms with E-state index in [4.69, 9.17) is 5.73 Å². The number of carbonyl (C=O) groups excluding carboxylic acids is 2. The molecule has 0 spiro atoms. The van der Waals surface area contributed by atoms with Gasteiger partial charge in [-0.1, -0.05) is 25.5 Å². The summed E-state index contributed by atoms with van der Waals surface area (Å²) in [5, 5.41) is 0. The summed E-state index contributed by atoms with van der Waals surface area (Å²) >= 11 is 0. The lowest BCUT2D eigenvalue weighted by Crippen LogP contribution is -2.40. The molecule has 1 aliphatic heterocycles. The fourth-order valence-electron chi connectivity index (χ4n) is 3.66. The van der Waals surface area contributed by atoms with Crippen molar-refractivity contribution >= 4 is 11.8 Å². The van der Waals surface area contributed by atoms with E-state index in [0.29, 0.717) is 24.2 Å². The molecule has 118 valence electrons. The molecule has 2 amide bonds. The molecular weight excluding hydrogens is 264 g/mol. The minimum atomic E-state index is -0.230. The quantitative estimate of drug-likeness (QED) is 0.808. The van der Waals surface area contributed by atoms with Gasteiger partial charge in [-0.3, -0.25) is 9.59 Å². The van der Waals surface area contributed by atoms with Crippen LogP contribution >= 0.6 is 0 Å². The first kappa shape index (κ1) is 16.1. The number of rotatable bonds is 4. The monoisotopic (exact) mass is 292 g/mol. The Balaban J connectivity index is 1.91. The Hall–Kier alpha value is -1.32. The second kappa shape index (κ2) is 5.82. The first-order chi connectivity index (χ1) is 9.73. The van der Waals surface area contributed by atoms with Crippen LogP contribution in [0.4, 0.5) is 0 Å². The highest BCUT2D eigenvalue weighted by Gasteiger charge is 2.61. The van der Waals surface area contributed by atoms with Crippen LogP contribution in [0.3, 0.4) is 0 Å². The van der Waals surface area contributed by atoms with E-state index in [-0.39, 0.29) is 17.2 Å². The molecular formula is C17H28N2O2. The van der Waals surface area contributed by atoms with Gasteiger partial charge in [-0.25, -0.2) is 0 Å². The maximum absolute atomic E-state index is 12.7. The second-order valence-electron chi connectivity index (χ2n) is 7.51. The zero-order valence-corrected chi connectivity index (χ0v) is 13.7. The standard InChI is InChI=1S/C17H28N2O2/c1-11(2)9-13-15(17(13,3)4)16(21)19-7-5-12(6-8-19)10-14(18)20/h9,12-13,15H,5-8,10H2,1-4H3,(H2,18,20)/t13-,15-/m0/s1. The molecule has 0 unspecified atom stereocenters. The second-order valence-corrected chi connectivity index (χ2v) is 7.51. The van der Waals surface area contributed by atoms with Gasteiger partial charge >= 0.3 is 0 Å². The van der Waals surface area contributed by atoms with Crippen molar-refractivity contribution in [3.8, 4) is 0 Å². The van der Waals surface area contributed by atoms with Gasteiger partial charge in [-0.05, 0) is 43.9 Å². The Kier molecular flexibility index (Phi) is 4.45. The molecule has 0 aromatic carbocycles. The van der Waals surface area contributed by atoms with Gasteiger partial charge in [0, 0.05) is 19.5 Å². The van der Waals surface area contributed by atoms with Gasteiger partial charge in [0.1, 0.15) is 0 Å². The van der Waals surface area contributed by atoms with E-state index < -0.39 is 0 Å². The van der Waals surface area contributed by atoms with E-state index in [9.17, 15) is 9.59 Å². The SMILES string of the molecule is CC(C)=C[C@H]1[C@@H](C(=O)N2CCC(CC(N)=O)CC2)C1(C)C. The van der Waals surface area contributed by atoms with E-state index in [0.717, 1.165) is 25.9 Å². The van der Waals surface area contributed by atoms with E-state index >= 15 is 0 Å². The van der Waals surface area contributed by atoms with E-state index in [1.54, 1.807) is 0 Å². The number of piperidine rings is 1. The normalized spacial score (nSPS) is 28.1. The first-order valence-corrected chi connectivity index (χ1v) is 7.95. The molecule has 2 N–H and O–H groups in total. The number of nitrogens with zero attached hydrogens (tertiary/aromatic N) is 1. The summed E-state index contributed by atoms with van der Waals surface area (Å²) in [5.74, 6) is 0.914. The first-order valence-electron chi connectivity index (χ1n) is 7.95. The van der Waals surface area contributed by atoms with Crippen molar-refractivity contribution in [2.24, 2.45) is 28.9 Å². The third kappa shape index (κ3) is 3.47. The maximum Gasteiger partial charge on any atom is 0.226 e. The third-order valence-corrected chi connectivity index (χ3v) is 5.11. The Morgan fingerprint density at radius 1 is 1.24 bits per heavy atom.